The van der Waals surface area contributed by atoms with Crippen molar-refractivity contribution in [1.82, 2.24) is 0 Å². The van der Waals surface area contributed by atoms with Gasteiger partial charge in [-0.25, -0.2) is 0 Å². The molecule has 1 aromatic carbocycles. The molecule has 2 heteroatoms. The Morgan fingerprint density at radius 1 is 1.25 bits per heavy atom. The van der Waals surface area contributed by atoms with E-state index in [1.165, 1.54) is 25.7 Å². The van der Waals surface area contributed by atoms with Crippen LogP contribution >= 0.6 is 0 Å². The van der Waals surface area contributed by atoms with Crippen molar-refractivity contribution in [1.29, 1.82) is 5.26 Å². The van der Waals surface area contributed by atoms with Crippen molar-refractivity contribution in [2.75, 3.05) is 0 Å². The van der Waals surface area contributed by atoms with Crippen molar-refractivity contribution in [2.24, 2.45) is 17.8 Å². The van der Waals surface area contributed by atoms with Crippen LogP contribution in [0.25, 0.3) is 0 Å². The summed E-state index contributed by atoms with van der Waals surface area (Å²) in [5.41, 5.74) is 2.72. The summed E-state index contributed by atoms with van der Waals surface area (Å²) < 4.78 is 0. The minimum Gasteiger partial charge on any atom is -0.508 e. The van der Waals surface area contributed by atoms with E-state index in [0.29, 0.717) is 35.0 Å². The second kappa shape index (κ2) is 8.56. The molecule has 0 aliphatic heterocycles. The monoisotopic (exact) mass is 327 g/mol. The largest absolute Gasteiger partial charge is 0.508 e. The van der Waals surface area contributed by atoms with Crippen LogP contribution in [0.4, 0.5) is 0 Å². The second-order valence-corrected chi connectivity index (χ2v) is 8.08. The van der Waals surface area contributed by atoms with Crippen molar-refractivity contribution >= 4 is 0 Å². The fraction of sp³-hybridized carbons (Fsp3) is 0.682. The molecule has 0 saturated heterocycles. The van der Waals surface area contributed by atoms with Gasteiger partial charge in [-0.1, -0.05) is 47.0 Å². The Labute approximate surface area is 147 Å². The number of rotatable bonds is 6. The molecule has 1 aliphatic rings. The zero-order valence-corrected chi connectivity index (χ0v) is 15.8. The molecular weight excluding hydrogens is 294 g/mol. The molecule has 0 bridgehead atoms. The van der Waals surface area contributed by atoms with Gasteiger partial charge in [0.2, 0.25) is 0 Å². The Bertz CT molecular complexity index is 584. The maximum atomic E-state index is 10.7. The molecule has 0 radical (unpaired) electrons. The standard InChI is InChI=1S/C22H33NO/c1-5-6-7-8-17-12-18(14-23)22(21(24)13-17)20-11-16(4)9-10-19(20)15(2)3/h12-13,15-16,19-20,24H,5-11H2,1-4H3/t16-,19+,20-/m1/s1. The third-order valence-electron chi connectivity index (χ3n) is 5.80. The van der Waals surface area contributed by atoms with E-state index in [9.17, 15) is 10.4 Å². The van der Waals surface area contributed by atoms with Crippen LogP contribution in [0.15, 0.2) is 12.1 Å². The van der Waals surface area contributed by atoms with Gasteiger partial charge in [-0.05, 0) is 67.1 Å². The lowest BCUT2D eigenvalue weighted by Crippen LogP contribution is -2.26. The van der Waals surface area contributed by atoms with Gasteiger partial charge in [0.1, 0.15) is 5.75 Å². The molecule has 132 valence electrons. The predicted molar refractivity (Wildman–Crippen MR) is 100 cm³/mol. The first-order chi connectivity index (χ1) is 11.5. The molecule has 1 fully saturated rings. The lowest BCUT2D eigenvalue weighted by molar-refractivity contribution is 0.194. The SMILES string of the molecule is CCCCCc1cc(O)c([C@@H]2C[C@H](C)CC[C@H]2C(C)C)c(C#N)c1. The van der Waals surface area contributed by atoms with E-state index in [0.717, 1.165) is 30.4 Å². The molecule has 0 spiro atoms. The summed E-state index contributed by atoms with van der Waals surface area (Å²) in [5, 5.41) is 20.4. The summed E-state index contributed by atoms with van der Waals surface area (Å²) in [6.07, 6.45) is 7.99. The highest BCUT2D eigenvalue weighted by Crippen LogP contribution is 2.47. The zero-order valence-electron chi connectivity index (χ0n) is 15.8. The Kier molecular flexibility index (Phi) is 6.72. The molecule has 0 amide bonds. The molecule has 24 heavy (non-hydrogen) atoms. The Hall–Kier alpha value is -1.49. The summed E-state index contributed by atoms with van der Waals surface area (Å²) in [4.78, 5) is 0. The smallest absolute Gasteiger partial charge is 0.120 e. The van der Waals surface area contributed by atoms with E-state index >= 15 is 0 Å². The van der Waals surface area contributed by atoms with Gasteiger partial charge in [0.25, 0.3) is 0 Å². The van der Waals surface area contributed by atoms with Gasteiger partial charge in [-0.3, -0.25) is 0 Å². The third-order valence-corrected chi connectivity index (χ3v) is 5.80. The number of benzene rings is 1. The lowest BCUT2D eigenvalue weighted by atomic mass is 9.66. The minimum absolute atomic E-state index is 0.313. The summed E-state index contributed by atoms with van der Waals surface area (Å²) in [6, 6.07) is 6.33. The van der Waals surface area contributed by atoms with E-state index < -0.39 is 0 Å². The lowest BCUT2D eigenvalue weighted by Gasteiger charge is -2.38. The van der Waals surface area contributed by atoms with Gasteiger partial charge in [0, 0.05) is 5.56 Å². The number of unbranched alkanes of at least 4 members (excludes halogenated alkanes) is 2. The number of aryl methyl sites for hydroxylation is 1. The molecule has 1 aromatic rings. The molecule has 0 heterocycles. The fourth-order valence-corrected chi connectivity index (χ4v) is 4.44. The van der Waals surface area contributed by atoms with E-state index in [1.54, 1.807) is 0 Å². The van der Waals surface area contributed by atoms with Crippen LogP contribution in [0.5, 0.6) is 5.75 Å². The number of aromatic hydroxyl groups is 1. The number of nitriles is 1. The topological polar surface area (TPSA) is 44.0 Å². The average Bonchev–Trinajstić information content (AvgIpc) is 2.54. The van der Waals surface area contributed by atoms with Crippen LogP contribution in [0.2, 0.25) is 0 Å². The second-order valence-electron chi connectivity index (χ2n) is 8.08. The van der Waals surface area contributed by atoms with Gasteiger partial charge >= 0.3 is 0 Å². The number of phenols is 1. The molecule has 0 aromatic heterocycles. The summed E-state index contributed by atoms with van der Waals surface area (Å²) in [5.74, 6) is 2.47. The first kappa shape index (κ1) is 18.8. The van der Waals surface area contributed by atoms with Gasteiger partial charge < -0.3 is 5.11 Å². The van der Waals surface area contributed by atoms with Gasteiger partial charge in [0.05, 0.1) is 11.6 Å². The van der Waals surface area contributed by atoms with E-state index in [1.807, 2.05) is 12.1 Å². The Balaban J connectivity index is 2.35. The first-order valence-corrected chi connectivity index (χ1v) is 9.73. The zero-order chi connectivity index (χ0) is 17.7. The molecule has 2 nitrogen and oxygen atoms in total. The highest BCUT2D eigenvalue weighted by atomic mass is 16.3. The quantitative estimate of drug-likeness (QED) is 0.635. The number of hydrogen-bond donors (Lipinski definition) is 1. The van der Waals surface area contributed by atoms with Gasteiger partial charge in [-0.2, -0.15) is 5.26 Å². The molecular formula is C22H33NO. The van der Waals surface area contributed by atoms with Crippen LogP contribution in [0.3, 0.4) is 0 Å². The van der Waals surface area contributed by atoms with Crippen LogP contribution in [0.1, 0.15) is 88.8 Å². The number of nitrogens with zero attached hydrogens (tertiary/aromatic N) is 1. The van der Waals surface area contributed by atoms with Gasteiger partial charge in [0.15, 0.2) is 0 Å². The minimum atomic E-state index is 0.313. The highest BCUT2D eigenvalue weighted by molar-refractivity contribution is 5.51. The number of phenolic OH excluding ortho intramolecular Hbond substituents is 1. The summed E-state index contributed by atoms with van der Waals surface area (Å²) >= 11 is 0. The maximum Gasteiger partial charge on any atom is 0.120 e. The molecule has 0 unspecified atom stereocenters. The summed E-state index contributed by atoms with van der Waals surface area (Å²) in [6.45, 7) is 9.04. The third kappa shape index (κ3) is 4.32. The molecule has 3 atom stereocenters. The van der Waals surface area contributed by atoms with Gasteiger partial charge in [-0.15, -0.1) is 0 Å². The van der Waals surface area contributed by atoms with Crippen LogP contribution in [0, 0.1) is 29.1 Å². The average molecular weight is 328 g/mol. The molecule has 2 rings (SSSR count). The maximum absolute atomic E-state index is 10.7. The van der Waals surface area contributed by atoms with Crippen molar-refractivity contribution in [2.45, 2.75) is 78.6 Å². The predicted octanol–water partition coefficient (Wildman–Crippen LogP) is 6.17. The first-order valence-electron chi connectivity index (χ1n) is 9.73. The van der Waals surface area contributed by atoms with Crippen molar-refractivity contribution in [3.05, 3.63) is 28.8 Å². The van der Waals surface area contributed by atoms with E-state index in [-0.39, 0.29) is 0 Å². The van der Waals surface area contributed by atoms with Crippen molar-refractivity contribution in [3.8, 4) is 11.8 Å². The van der Waals surface area contributed by atoms with Crippen LogP contribution in [-0.2, 0) is 6.42 Å². The highest BCUT2D eigenvalue weighted by Gasteiger charge is 2.34. The van der Waals surface area contributed by atoms with Crippen molar-refractivity contribution in [3.63, 3.8) is 0 Å². The number of hydrogen-bond acceptors (Lipinski definition) is 2. The molecule has 1 N–H and O–H groups in total. The fourth-order valence-electron chi connectivity index (χ4n) is 4.44. The Morgan fingerprint density at radius 3 is 2.62 bits per heavy atom. The van der Waals surface area contributed by atoms with Crippen molar-refractivity contribution < 1.29 is 5.11 Å². The normalized spacial score (nSPS) is 24.1. The van der Waals surface area contributed by atoms with Crippen LogP contribution in [-0.4, -0.2) is 5.11 Å². The van der Waals surface area contributed by atoms with Crippen LogP contribution < -0.4 is 0 Å². The Morgan fingerprint density at radius 2 is 2.00 bits per heavy atom. The molecule has 1 aliphatic carbocycles. The molecule has 1 saturated carbocycles. The van der Waals surface area contributed by atoms with E-state index in [2.05, 4.69) is 33.8 Å². The summed E-state index contributed by atoms with van der Waals surface area (Å²) in [7, 11) is 0. The van der Waals surface area contributed by atoms with E-state index in [4.69, 9.17) is 0 Å².